The highest BCUT2D eigenvalue weighted by atomic mass is 32.1. The average molecular weight is 242 g/mol. The van der Waals surface area contributed by atoms with E-state index in [1.165, 1.54) is 12.1 Å². The van der Waals surface area contributed by atoms with Gasteiger partial charge >= 0.3 is 0 Å². The Balaban J connectivity index is 2.15. The zero-order valence-corrected chi connectivity index (χ0v) is 8.92. The number of rotatable bonds is 3. The molecule has 1 atom stereocenters. The van der Waals surface area contributed by atoms with E-state index in [2.05, 4.69) is 9.59 Å². The van der Waals surface area contributed by atoms with Crippen molar-refractivity contribution in [3.8, 4) is 0 Å². The second-order valence-corrected chi connectivity index (χ2v) is 3.94. The Morgan fingerprint density at radius 2 is 1.94 bits per heavy atom. The van der Waals surface area contributed by atoms with Crippen LogP contribution in [0.25, 0.3) is 0 Å². The van der Waals surface area contributed by atoms with Crippen LogP contribution in [0.5, 0.6) is 0 Å². The first kappa shape index (κ1) is 11.1. The first-order chi connectivity index (χ1) is 7.65. The van der Waals surface area contributed by atoms with Crippen molar-refractivity contribution >= 4 is 11.5 Å². The van der Waals surface area contributed by atoms with Gasteiger partial charge in [-0.05, 0) is 29.2 Å². The van der Waals surface area contributed by atoms with E-state index in [-0.39, 0.29) is 6.42 Å². The number of aliphatic hydroxyl groups excluding tert-OH is 1. The summed E-state index contributed by atoms with van der Waals surface area (Å²) in [7, 11) is 0. The topological polar surface area (TPSA) is 46.0 Å². The molecule has 0 aliphatic heterocycles. The van der Waals surface area contributed by atoms with Gasteiger partial charge < -0.3 is 5.11 Å². The number of hydrogen-bond acceptors (Lipinski definition) is 4. The van der Waals surface area contributed by atoms with Gasteiger partial charge in [-0.25, -0.2) is 8.78 Å². The Morgan fingerprint density at radius 3 is 2.50 bits per heavy atom. The number of hydrogen-bond donors (Lipinski definition) is 1. The first-order valence-electron chi connectivity index (χ1n) is 4.55. The van der Waals surface area contributed by atoms with E-state index in [9.17, 15) is 13.9 Å². The number of aliphatic hydroxyl groups is 1. The normalized spacial score (nSPS) is 12.7. The molecule has 0 radical (unpaired) electrons. The van der Waals surface area contributed by atoms with Crippen LogP contribution in [0, 0.1) is 11.6 Å². The number of benzene rings is 1. The maximum Gasteiger partial charge on any atom is 0.126 e. The van der Waals surface area contributed by atoms with Crippen molar-refractivity contribution in [1.82, 2.24) is 9.59 Å². The van der Waals surface area contributed by atoms with Crippen LogP contribution in [-0.4, -0.2) is 14.7 Å². The van der Waals surface area contributed by atoms with Crippen molar-refractivity contribution in [1.29, 1.82) is 0 Å². The molecule has 2 rings (SSSR count). The quantitative estimate of drug-likeness (QED) is 0.896. The zero-order valence-electron chi connectivity index (χ0n) is 8.10. The number of nitrogens with zero attached hydrogens (tertiary/aromatic N) is 2. The maximum absolute atomic E-state index is 12.9. The van der Waals surface area contributed by atoms with Crippen LogP contribution in [0.4, 0.5) is 8.78 Å². The lowest BCUT2D eigenvalue weighted by Crippen LogP contribution is -2.03. The molecule has 6 heteroatoms. The molecule has 0 saturated heterocycles. The molecule has 0 amide bonds. The highest BCUT2D eigenvalue weighted by Gasteiger charge is 2.12. The third-order valence-electron chi connectivity index (χ3n) is 2.07. The van der Waals surface area contributed by atoms with E-state index in [1.54, 1.807) is 5.38 Å². The van der Waals surface area contributed by atoms with Gasteiger partial charge in [-0.3, -0.25) is 0 Å². The van der Waals surface area contributed by atoms with E-state index in [0.29, 0.717) is 11.3 Å². The zero-order chi connectivity index (χ0) is 11.5. The number of aromatic nitrogens is 2. The van der Waals surface area contributed by atoms with Crippen molar-refractivity contribution in [2.75, 3.05) is 0 Å². The van der Waals surface area contributed by atoms with Gasteiger partial charge in [0.15, 0.2) is 0 Å². The molecule has 0 spiro atoms. The second-order valence-electron chi connectivity index (χ2n) is 3.33. The summed E-state index contributed by atoms with van der Waals surface area (Å²) in [5.41, 5.74) is 0.799. The molecule has 1 aromatic heterocycles. The van der Waals surface area contributed by atoms with Crippen molar-refractivity contribution in [2.24, 2.45) is 0 Å². The van der Waals surface area contributed by atoms with Gasteiger partial charge in [0.2, 0.25) is 0 Å². The van der Waals surface area contributed by atoms with Crippen molar-refractivity contribution in [3.05, 3.63) is 46.5 Å². The molecule has 0 aliphatic carbocycles. The highest BCUT2D eigenvalue weighted by molar-refractivity contribution is 7.03. The van der Waals surface area contributed by atoms with Crippen LogP contribution >= 0.6 is 11.5 Å². The molecule has 2 aromatic rings. The van der Waals surface area contributed by atoms with Crippen LogP contribution in [-0.2, 0) is 6.42 Å². The summed E-state index contributed by atoms with van der Waals surface area (Å²) in [6, 6.07) is 3.17. The molecular weight excluding hydrogens is 234 g/mol. The van der Waals surface area contributed by atoms with Crippen LogP contribution in [0.15, 0.2) is 23.6 Å². The molecule has 16 heavy (non-hydrogen) atoms. The molecular formula is C10H8F2N2OS. The maximum atomic E-state index is 12.9. The van der Waals surface area contributed by atoms with E-state index >= 15 is 0 Å². The monoisotopic (exact) mass is 242 g/mol. The molecule has 1 unspecified atom stereocenters. The molecule has 1 aromatic carbocycles. The second kappa shape index (κ2) is 4.63. The van der Waals surface area contributed by atoms with Gasteiger partial charge in [0, 0.05) is 17.9 Å². The Labute approximate surface area is 94.5 Å². The van der Waals surface area contributed by atoms with Crippen LogP contribution in [0.2, 0.25) is 0 Å². The SMILES string of the molecule is OC(Cc1cc(F)cc(F)c1)c1csnn1. The smallest absolute Gasteiger partial charge is 0.126 e. The molecule has 1 heterocycles. The summed E-state index contributed by atoms with van der Waals surface area (Å²) in [4.78, 5) is 0. The first-order valence-corrected chi connectivity index (χ1v) is 5.39. The summed E-state index contributed by atoms with van der Waals surface area (Å²) in [6.07, 6.45) is -0.778. The van der Waals surface area contributed by atoms with Gasteiger partial charge in [-0.1, -0.05) is 4.49 Å². The van der Waals surface area contributed by atoms with E-state index < -0.39 is 17.7 Å². The van der Waals surface area contributed by atoms with Gasteiger partial charge in [0.1, 0.15) is 23.4 Å². The molecule has 0 fully saturated rings. The Bertz CT molecular complexity index is 455. The van der Waals surface area contributed by atoms with Crippen LogP contribution in [0.1, 0.15) is 17.4 Å². The fourth-order valence-electron chi connectivity index (χ4n) is 1.37. The predicted octanol–water partition coefficient (Wildman–Crippen LogP) is 2.09. The molecule has 84 valence electrons. The lowest BCUT2D eigenvalue weighted by atomic mass is 10.1. The van der Waals surface area contributed by atoms with Crippen LogP contribution in [0.3, 0.4) is 0 Å². The Kier molecular flexibility index (Phi) is 3.21. The lowest BCUT2D eigenvalue weighted by Gasteiger charge is -2.07. The third-order valence-corrected chi connectivity index (χ3v) is 2.59. The largest absolute Gasteiger partial charge is 0.386 e. The Morgan fingerprint density at radius 1 is 1.25 bits per heavy atom. The fourth-order valence-corrected chi connectivity index (χ4v) is 1.87. The van der Waals surface area contributed by atoms with Gasteiger partial charge in [0.05, 0.1) is 0 Å². The molecule has 1 N–H and O–H groups in total. The minimum absolute atomic E-state index is 0.111. The summed E-state index contributed by atoms with van der Waals surface area (Å²) >= 11 is 1.12. The van der Waals surface area contributed by atoms with Gasteiger partial charge in [-0.15, -0.1) is 5.10 Å². The Hall–Kier alpha value is -1.40. The fraction of sp³-hybridized carbons (Fsp3) is 0.200. The lowest BCUT2D eigenvalue weighted by molar-refractivity contribution is 0.173. The summed E-state index contributed by atoms with van der Waals surface area (Å²) < 4.78 is 29.4. The number of halogens is 2. The van der Waals surface area contributed by atoms with E-state index in [1.807, 2.05) is 0 Å². The minimum Gasteiger partial charge on any atom is -0.386 e. The summed E-state index contributed by atoms with van der Waals surface area (Å²) in [5, 5.41) is 15.0. The summed E-state index contributed by atoms with van der Waals surface area (Å²) in [5.74, 6) is -1.31. The van der Waals surface area contributed by atoms with Crippen molar-refractivity contribution in [2.45, 2.75) is 12.5 Å². The third kappa shape index (κ3) is 2.59. The van der Waals surface area contributed by atoms with Crippen LogP contribution < -0.4 is 0 Å². The van der Waals surface area contributed by atoms with Gasteiger partial charge in [0.25, 0.3) is 0 Å². The molecule has 0 saturated carbocycles. The van der Waals surface area contributed by atoms with Crippen molar-refractivity contribution in [3.63, 3.8) is 0 Å². The standard InChI is InChI=1S/C10H8F2N2OS/c11-7-1-6(2-8(12)4-7)3-10(15)9-5-16-14-13-9/h1-2,4-5,10,15H,3H2. The molecule has 0 bridgehead atoms. The molecule has 0 aliphatic rings. The minimum atomic E-state index is -0.889. The van der Waals surface area contributed by atoms with Crippen molar-refractivity contribution < 1.29 is 13.9 Å². The van der Waals surface area contributed by atoms with Gasteiger partial charge in [-0.2, -0.15) is 0 Å². The predicted molar refractivity (Wildman–Crippen MR) is 54.9 cm³/mol. The summed E-state index contributed by atoms with van der Waals surface area (Å²) in [6.45, 7) is 0. The average Bonchev–Trinajstić information content (AvgIpc) is 2.68. The highest BCUT2D eigenvalue weighted by Crippen LogP contribution is 2.18. The molecule has 3 nitrogen and oxygen atoms in total. The van der Waals surface area contributed by atoms with E-state index in [4.69, 9.17) is 0 Å². The van der Waals surface area contributed by atoms with E-state index in [0.717, 1.165) is 17.6 Å².